The van der Waals surface area contributed by atoms with Gasteiger partial charge in [-0.25, -0.2) is 9.97 Å². The number of benzene rings is 1. The zero-order valence-electron chi connectivity index (χ0n) is 15.4. The molecule has 3 heterocycles. The van der Waals surface area contributed by atoms with Gasteiger partial charge in [0.1, 0.15) is 11.6 Å². The molecule has 7 heteroatoms. The van der Waals surface area contributed by atoms with Crippen LogP contribution in [0.15, 0.2) is 36.5 Å². The largest absolute Gasteiger partial charge is 0.497 e. The predicted molar refractivity (Wildman–Crippen MR) is 100 cm³/mol. The maximum absolute atomic E-state index is 12.4. The lowest BCUT2D eigenvalue weighted by Crippen LogP contribution is -2.68. The van der Waals surface area contributed by atoms with Gasteiger partial charge in [0.25, 0.3) is 5.91 Å². The Labute approximate surface area is 158 Å². The molecule has 7 nitrogen and oxygen atoms in total. The molecule has 0 radical (unpaired) electrons. The summed E-state index contributed by atoms with van der Waals surface area (Å²) in [5.41, 5.74) is 0.695. The highest BCUT2D eigenvalue weighted by atomic mass is 16.5. The molecule has 2 saturated heterocycles. The molecular weight excluding hydrogens is 344 g/mol. The molecule has 1 aromatic carbocycles. The van der Waals surface area contributed by atoms with E-state index < -0.39 is 5.60 Å². The summed E-state index contributed by atoms with van der Waals surface area (Å²) < 4.78 is 5.20. The zero-order chi connectivity index (χ0) is 18.9. The summed E-state index contributed by atoms with van der Waals surface area (Å²) in [7, 11) is 1.65. The molecule has 0 aliphatic carbocycles. The van der Waals surface area contributed by atoms with Crippen LogP contribution < -0.4 is 10.1 Å². The van der Waals surface area contributed by atoms with Crippen molar-refractivity contribution in [3.8, 4) is 17.0 Å². The van der Waals surface area contributed by atoms with Gasteiger partial charge < -0.3 is 20.1 Å². The Hall–Kier alpha value is -2.51. The predicted octanol–water partition coefficient (Wildman–Crippen LogP) is 1.19. The molecule has 0 spiro atoms. The van der Waals surface area contributed by atoms with Gasteiger partial charge in [-0.1, -0.05) is 0 Å². The monoisotopic (exact) mass is 368 g/mol. The van der Waals surface area contributed by atoms with Crippen molar-refractivity contribution in [1.82, 2.24) is 20.2 Å². The molecule has 0 unspecified atom stereocenters. The zero-order valence-corrected chi connectivity index (χ0v) is 15.4. The summed E-state index contributed by atoms with van der Waals surface area (Å²) in [6.07, 6.45) is 3.41. The SMILES string of the molecule is COc1ccc(-c2ccnc(C3CCN(C(=O)C4(O)CNC4)CC3)n2)cc1. The smallest absolute Gasteiger partial charge is 0.257 e. The molecule has 27 heavy (non-hydrogen) atoms. The van der Waals surface area contributed by atoms with Gasteiger partial charge in [0, 0.05) is 43.9 Å². The van der Waals surface area contributed by atoms with Crippen molar-refractivity contribution in [2.75, 3.05) is 33.3 Å². The molecule has 0 atom stereocenters. The lowest BCUT2D eigenvalue weighted by Gasteiger charge is -2.41. The van der Waals surface area contributed by atoms with Crippen LogP contribution in [0.1, 0.15) is 24.6 Å². The molecule has 2 aliphatic rings. The fourth-order valence-electron chi connectivity index (χ4n) is 3.64. The maximum atomic E-state index is 12.4. The molecule has 1 aromatic heterocycles. The summed E-state index contributed by atoms with van der Waals surface area (Å²) in [6, 6.07) is 9.71. The van der Waals surface area contributed by atoms with E-state index in [1.165, 1.54) is 0 Å². The molecule has 1 amide bonds. The van der Waals surface area contributed by atoms with Crippen molar-refractivity contribution in [3.63, 3.8) is 0 Å². The number of carbonyl (C=O) groups excluding carboxylic acids is 1. The first-order chi connectivity index (χ1) is 13.1. The molecule has 0 bridgehead atoms. The highest BCUT2D eigenvalue weighted by Crippen LogP contribution is 2.29. The van der Waals surface area contributed by atoms with Gasteiger partial charge in [0.05, 0.1) is 12.8 Å². The lowest BCUT2D eigenvalue weighted by molar-refractivity contribution is -0.157. The van der Waals surface area contributed by atoms with Crippen LogP contribution in [-0.4, -0.2) is 64.8 Å². The van der Waals surface area contributed by atoms with E-state index >= 15 is 0 Å². The van der Waals surface area contributed by atoms with E-state index in [9.17, 15) is 9.90 Å². The first-order valence-corrected chi connectivity index (χ1v) is 9.29. The molecule has 0 saturated carbocycles. The van der Waals surface area contributed by atoms with Crippen LogP contribution in [0.3, 0.4) is 0 Å². The number of nitrogens with zero attached hydrogens (tertiary/aromatic N) is 3. The fourth-order valence-corrected chi connectivity index (χ4v) is 3.64. The second-order valence-electron chi connectivity index (χ2n) is 7.23. The van der Waals surface area contributed by atoms with Crippen molar-refractivity contribution in [1.29, 1.82) is 0 Å². The normalized spacial score (nSPS) is 19.4. The minimum Gasteiger partial charge on any atom is -0.497 e. The van der Waals surface area contributed by atoms with Gasteiger partial charge in [0.15, 0.2) is 5.60 Å². The standard InChI is InChI=1S/C20H24N4O3/c1-27-16-4-2-14(3-5-16)17-6-9-22-18(23-17)15-7-10-24(11-8-15)19(25)20(26)12-21-13-20/h2-6,9,15,21,26H,7-8,10-13H2,1H3. The Kier molecular flexibility index (Phi) is 4.80. The van der Waals surface area contributed by atoms with Crippen LogP contribution in [0.2, 0.25) is 0 Å². The molecule has 2 aromatic rings. The second-order valence-corrected chi connectivity index (χ2v) is 7.23. The molecular formula is C20H24N4O3. The average molecular weight is 368 g/mol. The number of β-amino-alcohol motifs (C(OH)–C–C–N with tert-alkyl or cyclic N) is 1. The van der Waals surface area contributed by atoms with E-state index in [0.717, 1.165) is 35.7 Å². The van der Waals surface area contributed by atoms with Crippen LogP contribution >= 0.6 is 0 Å². The van der Waals surface area contributed by atoms with E-state index in [1.54, 1.807) is 18.2 Å². The third-order valence-electron chi connectivity index (χ3n) is 5.44. The quantitative estimate of drug-likeness (QED) is 0.843. The van der Waals surface area contributed by atoms with Gasteiger partial charge in [0.2, 0.25) is 0 Å². The number of aromatic nitrogens is 2. The number of likely N-dealkylation sites (tertiary alicyclic amines) is 1. The molecule has 2 N–H and O–H groups in total. The average Bonchev–Trinajstić information content (AvgIpc) is 2.72. The third kappa shape index (κ3) is 3.52. The van der Waals surface area contributed by atoms with Crippen LogP contribution in [-0.2, 0) is 4.79 Å². The molecule has 2 fully saturated rings. The third-order valence-corrected chi connectivity index (χ3v) is 5.44. The minimum atomic E-state index is -1.21. The van der Waals surface area contributed by atoms with E-state index in [1.807, 2.05) is 30.3 Å². The number of nitrogens with one attached hydrogen (secondary N) is 1. The van der Waals surface area contributed by atoms with E-state index in [0.29, 0.717) is 26.2 Å². The number of rotatable bonds is 4. The van der Waals surface area contributed by atoms with Crippen LogP contribution in [0.5, 0.6) is 5.75 Å². The number of amides is 1. The Bertz CT molecular complexity index is 812. The molecule has 4 rings (SSSR count). The van der Waals surface area contributed by atoms with Crippen molar-refractivity contribution < 1.29 is 14.6 Å². The lowest BCUT2D eigenvalue weighted by atomic mass is 9.91. The number of hydrogen-bond acceptors (Lipinski definition) is 6. The van der Waals surface area contributed by atoms with Gasteiger partial charge in [-0.15, -0.1) is 0 Å². The molecule has 142 valence electrons. The number of carbonyl (C=O) groups is 1. The fraction of sp³-hybridized carbons (Fsp3) is 0.450. The van der Waals surface area contributed by atoms with Crippen LogP contribution in [0, 0.1) is 0 Å². The molecule has 2 aliphatic heterocycles. The van der Waals surface area contributed by atoms with Gasteiger partial charge >= 0.3 is 0 Å². The van der Waals surface area contributed by atoms with E-state index in [2.05, 4.69) is 10.3 Å². The Morgan fingerprint density at radius 1 is 1.22 bits per heavy atom. The van der Waals surface area contributed by atoms with Gasteiger partial charge in [-0.05, 0) is 43.2 Å². The Balaban J connectivity index is 1.43. The number of ether oxygens (including phenoxy) is 1. The highest BCUT2D eigenvalue weighted by molar-refractivity contribution is 5.86. The maximum Gasteiger partial charge on any atom is 0.257 e. The Morgan fingerprint density at radius 3 is 2.52 bits per heavy atom. The van der Waals surface area contributed by atoms with Gasteiger partial charge in [-0.2, -0.15) is 0 Å². The summed E-state index contributed by atoms with van der Waals surface area (Å²) in [5.74, 6) is 1.70. The summed E-state index contributed by atoms with van der Waals surface area (Å²) in [4.78, 5) is 23.4. The highest BCUT2D eigenvalue weighted by Gasteiger charge is 2.45. The topological polar surface area (TPSA) is 87.6 Å². The minimum absolute atomic E-state index is 0.160. The summed E-state index contributed by atoms with van der Waals surface area (Å²) >= 11 is 0. The summed E-state index contributed by atoms with van der Waals surface area (Å²) in [5, 5.41) is 13.2. The van der Waals surface area contributed by atoms with Crippen molar-refractivity contribution >= 4 is 5.91 Å². The van der Waals surface area contributed by atoms with Crippen molar-refractivity contribution in [2.45, 2.75) is 24.4 Å². The second kappa shape index (κ2) is 7.25. The number of piperidine rings is 1. The summed E-state index contributed by atoms with van der Waals surface area (Å²) in [6.45, 7) is 1.95. The number of methoxy groups -OCH3 is 1. The Morgan fingerprint density at radius 2 is 1.93 bits per heavy atom. The van der Waals surface area contributed by atoms with E-state index in [-0.39, 0.29) is 11.8 Å². The number of hydrogen-bond donors (Lipinski definition) is 2. The number of aliphatic hydroxyl groups is 1. The van der Waals surface area contributed by atoms with E-state index in [4.69, 9.17) is 9.72 Å². The van der Waals surface area contributed by atoms with Gasteiger partial charge in [-0.3, -0.25) is 4.79 Å². The van der Waals surface area contributed by atoms with Crippen molar-refractivity contribution in [3.05, 3.63) is 42.4 Å². The van der Waals surface area contributed by atoms with Crippen LogP contribution in [0.4, 0.5) is 0 Å². The first-order valence-electron chi connectivity index (χ1n) is 9.29. The first kappa shape index (κ1) is 17.9. The van der Waals surface area contributed by atoms with Crippen molar-refractivity contribution in [2.24, 2.45) is 0 Å². The van der Waals surface area contributed by atoms with Crippen LogP contribution in [0.25, 0.3) is 11.3 Å².